The summed E-state index contributed by atoms with van der Waals surface area (Å²) in [5.41, 5.74) is 2.39. The first-order valence-corrected chi connectivity index (χ1v) is 9.46. The number of methoxy groups -OCH3 is 1. The minimum absolute atomic E-state index is 0.143. The average molecular weight is 388 g/mol. The van der Waals surface area contributed by atoms with Crippen LogP contribution in [0.1, 0.15) is 33.9 Å². The Morgan fingerprint density at radius 1 is 0.897 bits per heavy atom. The maximum atomic E-state index is 12.6. The van der Waals surface area contributed by atoms with Crippen molar-refractivity contribution >= 4 is 11.8 Å². The molecule has 29 heavy (non-hydrogen) atoms. The van der Waals surface area contributed by atoms with Crippen LogP contribution < -0.4 is 15.4 Å². The zero-order valence-corrected chi connectivity index (χ0v) is 16.3. The molecule has 0 radical (unpaired) electrons. The Balaban J connectivity index is 1.66. The Hall–Kier alpha value is -3.60. The molecule has 0 spiro atoms. The molecular weight excluding hydrogens is 364 g/mol. The molecule has 3 aromatic carbocycles. The lowest BCUT2D eigenvalue weighted by Gasteiger charge is -2.19. The van der Waals surface area contributed by atoms with Gasteiger partial charge in [-0.2, -0.15) is 0 Å². The van der Waals surface area contributed by atoms with Gasteiger partial charge in [0.1, 0.15) is 5.75 Å². The van der Waals surface area contributed by atoms with Crippen LogP contribution in [0.5, 0.6) is 5.75 Å². The van der Waals surface area contributed by atoms with Crippen molar-refractivity contribution < 1.29 is 14.3 Å². The van der Waals surface area contributed by atoms with E-state index in [1.165, 1.54) is 0 Å². The number of amides is 2. The van der Waals surface area contributed by atoms with Crippen molar-refractivity contribution in [3.8, 4) is 5.75 Å². The molecule has 2 amide bonds. The van der Waals surface area contributed by atoms with Gasteiger partial charge >= 0.3 is 0 Å². The number of nitrogens with one attached hydrogen (secondary N) is 2. The van der Waals surface area contributed by atoms with Crippen LogP contribution in [0.3, 0.4) is 0 Å². The molecule has 2 N–H and O–H groups in total. The predicted molar refractivity (Wildman–Crippen MR) is 113 cm³/mol. The molecule has 5 nitrogen and oxygen atoms in total. The van der Waals surface area contributed by atoms with E-state index in [9.17, 15) is 9.59 Å². The quantitative estimate of drug-likeness (QED) is 0.616. The van der Waals surface area contributed by atoms with Crippen LogP contribution in [0.15, 0.2) is 84.9 Å². The maximum absolute atomic E-state index is 12.6. The molecule has 0 fully saturated rings. The summed E-state index contributed by atoms with van der Waals surface area (Å²) in [6.45, 7) is 0.393. The van der Waals surface area contributed by atoms with Gasteiger partial charge in [0.25, 0.3) is 5.91 Å². The molecule has 0 heterocycles. The van der Waals surface area contributed by atoms with Crippen LogP contribution >= 0.6 is 0 Å². The maximum Gasteiger partial charge on any atom is 0.251 e. The summed E-state index contributed by atoms with van der Waals surface area (Å²) in [6.07, 6.45) is 0.145. The third kappa shape index (κ3) is 5.94. The Morgan fingerprint density at radius 2 is 1.59 bits per heavy atom. The van der Waals surface area contributed by atoms with Gasteiger partial charge < -0.3 is 15.4 Å². The summed E-state index contributed by atoms with van der Waals surface area (Å²) in [6, 6.07) is 25.6. The third-order valence-corrected chi connectivity index (χ3v) is 4.56. The summed E-state index contributed by atoms with van der Waals surface area (Å²) < 4.78 is 5.21. The number of rotatable bonds is 8. The van der Waals surface area contributed by atoms with E-state index in [0.29, 0.717) is 12.1 Å². The van der Waals surface area contributed by atoms with Crippen LogP contribution in [0.4, 0.5) is 0 Å². The van der Waals surface area contributed by atoms with Gasteiger partial charge in [-0.15, -0.1) is 0 Å². The van der Waals surface area contributed by atoms with E-state index in [2.05, 4.69) is 10.6 Å². The number of ether oxygens (including phenoxy) is 1. The van der Waals surface area contributed by atoms with Gasteiger partial charge in [0.05, 0.1) is 19.6 Å². The molecule has 3 rings (SSSR count). The molecule has 5 heteroatoms. The van der Waals surface area contributed by atoms with E-state index in [1.807, 2.05) is 72.8 Å². The highest BCUT2D eigenvalue weighted by Crippen LogP contribution is 2.18. The van der Waals surface area contributed by atoms with Crippen molar-refractivity contribution in [1.82, 2.24) is 10.6 Å². The standard InChI is InChI=1S/C24H24N2O3/c1-29-21-14-8-9-18(15-21)17-25-23(27)16-22(19-10-4-2-5-11-19)26-24(28)20-12-6-3-7-13-20/h2-15,22H,16-17H2,1H3,(H,25,27)(H,26,28)/t22-/m0/s1. The number of hydrogen-bond acceptors (Lipinski definition) is 3. The molecule has 0 aliphatic heterocycles. The number of benzene rings is 3. The lowest BCUT2D eigenvalue weighted by atomic mass is 10.0. The molecule has 1 atom stereocenters. The zero-order chi connectivity index (χ0) is 20.5. The monoisotopic (exact) mass is 388 g/mol. The van der Waals surface area contributed by atoms with Gasteiger partial charge in [-0.3, -0.25) is 9.59 Å². The zero-order valence-electron chi connectivity index (χ0n) is 16.3. The van der Waals surface area contributed by atoms with Gasteiger partial charge in [0.15, 0.2) is 0 Å². The van der Waals surface area contributed by atoms with Crippen molar-refractivity contribution in [3.63, 3.8) is 0 Å². The van der Waals surface area contributed by atoms with E-state index in [4.69, 9.17) is 4.74 Å². The lowest BCUT2D eigenvalue weighted by Crippen LogP contribution is -2.33. The van der Waals surface area contributed by atoms with Crippen molar-refractivity contribution in [2.24, 2.45) is 0 Å². The Labute approximate surface area is 170 Å². The summed E-state index contributed by atoms with van der Waals surface area (Å²) in [5, 5.41) is 5.89. The highest BCUT2D eigenvalue weighted by molar-refractivity contribution is 5.94. The van der Waals surface area contributed by atoms with Crippen molar-refractivity contribution in [2.75, 3.05) is 7.11 Å². The number of carbonyl (C=O) groups is 2. The third-order valence-electron chi connectivity index (χ3n) is 4.56. The van der Waals surface area contributed by atoms with Gasteiger partial charge in [-0.25, -0.2) is 0 Å². The first kappa shape index (κ1) is 20.1. The molecule has 148 valence electrons. The van der Waals surface area contributed by atoms with Gasteiger partial charge in [0.2, 0.25) is 5.91 Å². The van der Waals surface area contributed by atoms with E-state index >= 15 is 0 Å². The smallest absolute Gasteiger partial charge is 0.251 e. The fraction of sp³-hybridized carbons (Fsp3) is 0.167. The number of hydrogen-bond donors (Lipinski definition) is 2. The molecular formula is C24H24N2O3. The van der Waals surface area contributed by atoms with Gasteiger partial charge in [-0.1, -0.05) is 60.7 Å². The molecule has 0 aliphatic carbocycles. The van der Waals surface area contributed by atoms with Crippen LogP contribution in [-0.4, -0.2) is 18.9 Å². The molecule has 0 saturated heterocycles. The highest BCUT2D eigenvalue weighted by Gasteiger charge is 2.19. The second-order valence-electron chi connectivity index (χ2n) is 6.64. The normalized spacial score (nSPS) is 11.3. The van der Waals surface area contributed by atoms with E-state index < -0.39 is 6.04 Å². The molecule has 3 aromatic rings. The topological polar surface area (TPSA) is 67.4 Å². The predicted octanol–water partition coefficient (Wildman–Crippen LogP) is 3.87. The van der Waals surface area contributed by atoms with E-state index in [0.717, 1.165) is 16.9 Å². The van der Waals surface area contributed by atoms with Crippen LogP contribution in [0.2, 0.25) is 0 Å². The Morgan fingerprint density at radius 3 is 2.28 bits per heavy atom. The van der Waals surface area contributed by atoms with E-state index in [-0.39, 0.29) is 18.2 Å². The largest absolute Gasteiger partial charge is 0.497 e. The van der Waals surface area contributed by atoms with Crippen LogP contribution in [0, 0.1) is 0 Å². The Kier molecular flexibility index (Phi) is 7.00. The fourth-order valence-corrected chi connectivity index (χ4v) is 3.01. The van der Waals surface area contributed by atoms with Crippen molar-refractivity contribution in [3.05, 3.63) is 102 Å². The number of carbonyl (C=O) groups excluding carboxylic acids is 2. The van der Waals surface area contributed by atoms with Gasteiger partial charge in [0, 0.05) is 12.1 Å². The summed E-state index contributed by atoms with van der Waals surface area (Å²) >= 11 is 0. The first-order valence-electron chi connectivity index (χ1n) is 9.46. The van der Waals surface area contributed by atoms with Crippen molar-refractivity contribution in [2.45, 2.75) is 19.0 Å². The molecule has 0 bridgehead atoms. The van der Waals surface area contributed by atoms with Crippen LogP contribution in [0.25, 0.3) is 0 Å². The minimum Gasteiger partial charge on any atom is -0.497 e. The summed E-state index contributed by atoms with van der Waals surface area (Å²) in [5.74, 6) is 0.393. The first-order chi connectivity index (χ1) is 14.2. The SMILES string of the molecule is COc1cccc(CNC(=O)C[C@H](NC(=O)c2ccccc2)c2ccccc2)c1. The molecule has 0 aliphatic rings. The summed E-state index contributed by atoms with van der Waals surface area (Å²) in [4.78, 5) is 25.2. The second-order valence-corrected chi connectivity index (χ2v) is 6.64. The summed E-state index contributed by atoms with van der Waals surface area (Å²) in [7, 11) is 1.61. The molecule has 0 unspecified atom stereocenters. The molecule has 0 saturated carbocycles. The second kappa shape index (κ2) is 10.1. The Bertz CT molecular complexity index is 943. The highest BCUT2D eigenvalue weighted by atomic mass is 16.5. The minimum atomic E-state index is -0.422. The van der Waals surface area contributed by atoms with Gasteiger partial charge in [-0.05, 0) is 35.4 Å². The van der Waals surface area contributed by atoms with Crippen LogP contribution in [-0.2, 0) is 11.3 Å². The van der Waals surface area contributed by atoms with E-state index in [1.54, 1.807) is 19.2 Å². The van der Waals surface area contributed by atoms with Crippen molar-refractivity contribution in [1.29, 1.82) is 0 Å². The average Bonchev–Trinajstić information content (AvgIpc) is 2.78. The lowest BCUT2D eigenvalue weighted by molar-refractivity contribution is -0.121. The molecule has 0 aromatic heterocycles. The fourth-order valence-electron chi connectivity index (χ4n) is 3.01.